The van der Waals surface area contributed by atoms with Gasteiger partial charge in [-0.25, -0.2) is 0 Å². The first kappa shape index (κ1) is 10.0. The van der Waals surface area contributed by atoms with Crippen LogP contribution in [-0.4, -0.2) is 40.1 Å². The van der Waals surface area contributed by atoms with Crippen LogP contribution >= 0.6 is 0 Å². The summed E-state index contributed by atoms with van der Waals surface area (Å²) < 4.78 is 0. The van der Waals surface area contributed by atoms with Crippen LogP contribution in [0.5, 0.6) is 0 Å². The largest absolute Gasteiger partial charge is 0.337 e. The smallest absolute Gasteiger partial charge is 0.255 e. The van der Waals surface area contributed by atoms with Gasteiger partial charge in [0.25, 0.3) is 5.91 Å². The van der Waals surface area contributed by atoms with Crippen molar-refractivity contribution in [3.8, 4) is 0 Å². The predicted molar refractivity (Wildman–Crippen MR) is 55.1 cm³/mol. The zero-order chi connectivity index (χ0) is 10.8. The second-order valence-corrected chi connectivity index (χ2v) is 3.98. The summed E-state index contributed by atoms with van der Waals surface area (Å²) in [4.78, 5) is 13.7. The van der Waals surface area contributed by atoms with Crippen molar-refractivity contribution in [3.05, 3.63) is 24.0 Å². The van der Waals surface area contributed by atoms with Crippen LogP contribution in [0.25, 0.3) is 0 Å². The summed E-state index contributed by atoms with van der Waals surface area (Å²) in [5, 5.41) is 7.33. The van der Waals surface area contributed by atoms with E-state index >= 15 is 0 Å². The Kier molecular flexibility index (Phi) is 2.64. The molecule has 0 bridgehead atoms. The maximum Gasteiger partial charge on any atom is 0.255 e. The average molecular weight is 206 g/mol. The van der Waals surface area contributed by atoms with Gasteiger partial charge in [0.15, 0.2) is 0 Å². The van der Waals surface area contributed by atoms with Crippen LogP contribution < -0.4 is 5.73 Å². The van der Waals surface area contributed by atoms with Crippen LogP contribution in [0.2, 0.25) is 0 Å². The van der Waals surface area contributed by atoms with E-state index in [1.807, 2.05) is 0 Å². The average Bonchev–Trinajstić information content (AvgIpc) is 2.59. The first-order valence-electron chi connectivity index (χ1n) is 5.00. The van der Waals surface area contributed by atoms with Gasteiger partial charge in [-0.15, -0.1) is 0 Å². The van der Waals surface area contributed by atoms with Crippen molar-refractivity contribution < 1.29 is 4.79 Å². The van der Waals surface area contributed by atoms with E-state index in [-0.39, 0.29) is 11.9 Å². The van der Waals surface area contributed by atoms with Gasteiger partial charge in [0.2, 0.25) is 0 Å². The van der Waals surface area contributed by atoms with Crippen molar-refractivity contribution in [3.63, 3.8) is 0 Å². The molecule has 1 aliphatic rings. The summed E-state index contributed by atoms with van der Waals surface area (Å²) >= 11 is 0. The molecule has 1 aromatic rings. The molecule has 1 aromatic heterocycles. The number of likely N-dealkylation sites (tertiary alicyclic amines) is 1. The zero-order valence-corrected chi connectivity index (χ0v) is 8.63. The number of hydrogen-bond acceptors (Lipinski definition) is 4. The van der Waals surface area contributed by atoms with Crippen molar-refractivity contribution in [2.75, 3.05) is 13.1 Å². The molecule has 15 heavy (non-hydrogen) atoms. The second kappa shape index (κ2) is 3.94. The van der Waals surface area contributed by atoms with Gasteiger partial charge in [-0.1, -0.05) is 6.92 Å². The molecule has 1 fully saturated rings. The number of hydrogen-bond donors (Lipinski definition) is 1. The van der Waals surface area contributed by atoms with Crippen molar-refractivity contribution in [2.24, 2.45) is 11.7 Å². The van der Waals surface area contributed by atoms with E-state index in [2.05, 4.69) is 17.1 Å². The fourth-order valence-electron chi connectivity index (χ4n) is 1.76. The molecule has 2 unspecified atom stereocenters. The molecule has 0 saturated carbocycles. The highest BCUT2D eigenvalue weighted by molar-refractivity contribution is 5.94. The molecule has 2 atom stereocenters. The lowest BCUT2D eigenvalue weighted by Gasteiger charge is -2.15. The van der Waals surface area contributed by atoms with Crippen molar-refractivity contribution in [1.82, 2.24) is 15.1 Å². The van der Waals surface area contributed by atoms with Crippen molar-refractivity contribution in [2.45, 2.75) is 13.0 Å². The lowest BCUT2D eigenvalue weighted by atomic mass is 10.1. The molecule has 0 radical (unpaired) electrons. The third-order valence-corrected chi connectivity index (χ3v) is 2.79. The first-order chi connectivity index (χ1) is 7.18. The molecule has 2 heterocycles. The minimum Gasteiger partial charge on any atom is -0.337 e. The minimum absolute atomic E-state index is 0.00954. The van der Waals surface area contributed by atoms with Crippen LogP contribution in [0.15, 0.2) is 18.5 Å². The van der Waals surface area contributed by atoms with Gasteiger partial charge in [-0.2, -0.15) is 10.2 Å². The van der Waals surface area contributed by atoms with E-state index in [4.69, 9.17) is 5.73 Å². The highest BCUT2D eigenvalue weighted by Crippen LogP contribution is 2.16. The number of carbonyl (C=O) groups is 1. The Morgan fingerprint density at radius 1 is 1.53 bits per heavy atom. The summed E-state index contributed by atoms with van der Waals surface area (Å²) in [6.07, 6.45) is 3.00. The third kappa shape index (κ3) is 1.97. The van der Waals surface area contributed by atoms with Gasteiger partial charge in [0.05, 0.1) is 18.0 Å². The first-order valence-corrected chi connectivity index (χ1v) is 5.00. The van der Waals surface area contributed by atoms with Crippen LogP contribution in [0.3, 0.4) is 0 Å². The summed E-state index contributed by atoms with van der Waals surface area (Å²) in [5.74, 6) is 0.355. The Morgan fingerprint density at radius 2 is 2.33 bits per heavy atom. The van der Waals surface area contributed by atoms with Gasteiger partial charge in [0.1, 0.15) is 0 Å². The van der Waals surface area contributed by atoms with Crippen molar-refractivity contribution >= 4 is 5.91 Å². The number of carbonyl (C=O) groups excluding carboxylic acids is 1. The Morgan fingerprint density at radius 3 is 2.87 bits per heavy atom. The molecular formula is C10H14N4O. The second-order valence-electron chi connectivity index (χ2n) is 3.98. The SMILES string of the molecule is CC1CN(C(=O)c2ccnnc2)CC1N. The van der Waals surface area contributed by atoms with Crippen LogP contribution in [0.1, 0.15) is 17.3 Å². The summed E-state index contributed by atoms with van der Waals surface area (Å²) in [7, 11) is 0. The Bertz CT molecular complexity index is 344. The highest BCUT2D eigenvalue weighted by Gasteiger charge is 2.30. The number of amides is 1. The maximum absolute atomic E-state index is 11.9. The lowest BCUT2D eigenvalue weighted by Crippen LogP contribution is -2.32. The number of aromatic nitrogens is 2. The fourth-order valence-corrected chi connectivity index (χ4v) is 1.76. The van der Waals surface area contributed by atoms with Gasteiger partial charge < -0.3 is 10.6 Å². The molecule has 0 aliphatic carbocycles. The standard InChI is InChI=1S/C10H14N4O/c1-7-5-14(6-9(7)11)10(15)8-2-3-12-13-4-8/h2-4,7,9H,5-6,11H2,1H3. The van der Waals surface area contributed by atoms with Gasteiger partial charge in [0, 0.05) is 19.1 Å². The van der Waals surface area contributed by atoms with E-state index in [1.165, 1.54) is 12.4 Å². The molecule has 2 N–H and O–H groups in total. The molecule has 1 aliphatic heterocycles. The lowest BCUT2D eigenvalue weighted by molar-refractivity contribution is 0.0786. The molecule has 0 spiro atoms. The van der Waals surface area contributed by atoms with E-state index in [9.17, 15) is 4.79 Å². The van der Waals surface area contributed by atoms with Crippen LogP contribution in [-0.2, 0) is 0 Å². The van der Waals surface area contributed by atoms with E-state index < -0.39 is 0 Å². The van der Waals surface area contributed by atoms with Gasteiger partial charge in [-0.3, -0.25) is 4.79 Å². The van der Waals surface area contributed by atoms with E-state index in [0.717, 1.165) is 6.54 Å². The minimum atomic E-state index is -0.00954. The molecule has 1 amide bonds. The summed E-state index contributed by atoms with van der Waals surface area (Å²) in [6, 6.07) is 1.76. The normalized spacial score (nSPS) is 25.6. The predicted octanol–water partition coefficient (Wildman–Crippen LogP) is -0.104. The summed E-state index contributed by atoms with van der Waals surface area (Å²) in [5.41, 5.74) is 6.44. The van der Waals surface area contributed by atoms with Crippen LogP contribution in [0.4, 0.5) is 0 Å². The zero-order valence-electron chi connectivity index (χ0n) is 8.63. The third-order valence-electron chi connectivity index (χ3n) is 2.79. The summed E-state index contributed by atoms with van der Waals surface area (Å²) in [6.45, 7) is 3.41. The Labute approximate surface area is 88.3 Å². The molecule has 80 valence electrons. The number of rotatable bonds is 1. The van der Waals surface area contributed by atoms with Gasteiger partial charge >= 0.3 is 0 Å². The Balaban J connectivity index is 2.10. The number of nitrogens with two attached hydrogens (primary N) is 1. The van der Waals surface area contributed by atoms with Crippen molar-refractivity contribution in [1.29, 1.82) is 0 Å². The Hall–Kier alpha value is -1.49. The highest BCUT2D eigenvalue weighted by atomic mass is 16.2. The van der Waals surface area contributed by atoms with Gasteiger partial charge in [-0.05, 0) is 12.0 Å². The molecule has 0 aromatic carbocycles. The monoisotopic (exact) mass is 206 g/mol. The number of nitrogens with zero attached hydrogens (tertiary/aromatic N) is 3. The quantitative estimate of drug-likeness (QED) is 0.696. The van der Waals surface area contributed by atoms with Crippen LogP contribution in [0, 0.1) is 5.92 Å². The molecule has 5 nitrogen and oxygen atoms in total. The maximum atomic E-state index is 11.9. The fraction of sp³-hybridized carbons (Fsp3) is 0.500. The topological polar surface area (TPSA) is 72.1 Å². The molecule has 5 heteroatoms. The molecular weight excluding hydrogens is 192 g/mol. The van der Waals surface area contributed by atoms with E-state index in [1.54, 1.807) is 11.0 Å². The molecule has 1 saturated heterocycles. The van der Waals surface area contributed by atoms with E-state index in [0.29, 0.717) is 18.0 Å². The molecule has 2 rings (SSSR count).